The van der Waals surface area contributed by atoms with Gasteiger partial charge in [0.15, 0.2) is 5.69 Å². The second-order valence-corrected chi connectivity index (χ2v) is 5.59. The molecule has 2 heterocycles. The molecular formula is C16H21N5O3. The Morgan fingerprint density at radius 3 is 2.79 bits per heavy atom. The van der Waals surface area contributed by atoms with Gasteiger partial charge >= 0.3 is 0 Å². The minimum absolute atomic E-state index is 0.276. The Balaban J connectivity index is 1.74. The van der Waals surface area contributed by atoms with Gasteiger partial charge < -0.3 is 20.1 Å². The summed E-state index contributed by atoms with van der Waals surface area (Å²) in [6.07, 6.45) is 3.65. The average molecular weight is 331 g/mol. The Kier molecular flexibility index (Phi) is 4.95. The zero-order valence-electron chi connectivity index (χ0n) is 13.8. The van der Waals surface area contributed by atoms with Crippen molar-refractivity contribution in [2.24, 2.45) is 0 Å². The number of methoxy groups -OCH3 is 2. The Hall–Kier alpha value is -2.61. The minimum atomic E-state index is -0.332. The van der Waals surface area contributed by atoms with Crippen molar-refractivity contribution in [1.82, 2.24) is 20.3 Å². The fourth-order valence-corrected chi connectivity index (χ4v) is 2.73. The van der Waals surface area contributed by atoms with E-state index < -0.39 is 0 Å². The average Bonchev–Trinajstić information content (AvgIpc) is 3.12. The number of hydrogen-bond donors (Lipinski definition) is 2. The number of carbonyl (C=O) groups is 1. The highest BCUT2D eigenvalue weighted by Gasteiger charge is 2.19. The molecule has 0 saturated carbocycles. The molecule has 1 amide bonds. The maximum atomic E-state index is 12.4. The van der Waals surface area contributed by atoms with E-state index in [4.69, 9.17) is 9.47 Å². The van der Waals surface area contributed by atoms with E-state index in [1.165, 1.54) is 0 Å². The van der Waals surface area contributed by atoms with Gasteiger partial charge in [0.25, 0.3) is 5.91 Å². The molecule has 1 aliphatic rings. The Morgan fingerprint density at radius 1 is 1.29 bits per heavy atom. The molecule has 0 spiro atoms. The van der Waals surface area contributed by atoms with E-state index in [1.54, 1.807) is 43.3 Å². The molecule has 0 unspecified atom stereocenters. The molecule has 1 aliphatic heterocycles. The molecule has 2 aromatic rings. The minimum Gasteiger partial charge on any atom is -0.497 e. The first-order valence-corrected chi connectivity index (χ1v) is 7.87. The van der Waals surface area contributed by atoms with Crippen LogP contribution >= 0.6 is 0 Å². The van der Waals surface area contributed by atoms with Crippen LogP contribution in [0.15, 0.2) is 24.4 Å². The van der Waals surface area contributed by atoms with Crippen molar-refractivity contribution in [3.8, 4) is 11.5 Å². The van der Waals surface area contributed by atoms with Crippen molar-refractivity contribution in [3.05, 3.63) is 30.1 Å². The molecule has 24 heavy (non-hydrogen) atoms. The molecule has 8 heteroatoms. The van der Waals surface area contributed by atoms with Gasteiger partial charge in [-0.2, -0.15) is 0 Å². The van der Waals surface area contributed by atoms with Crippen LogP contribution in [-0.4, -0.2) is 48.2 Å². The second-order valence-electron chi connectivity index (χ2n) is 5.59. The molecule has 1 aromatic carbocycles. The summed E-state index contributed by atoms with van der Waals surface area (Å²) in [5, 5.41) is 14.2. The van der Waals surface area contributed by atoms with E-state index in [2.05, 4.69) is 20.9 Å². The summed E-state index contributed by atoms with van der Waals surface area (Å²) < 4.78 is 12.2. The SMILES string of the molecule is COc1ccc(OC)c(NC(=O)c2cn(C3CCNCC3)nn2)c1. The van der Waals surface area contributed by atoms with Crippen molar-refractivity contribution in [1.29, 1.82) is 0 Å². The first-order chi connectivity index (χ1) is 11.7. The number of hydrogen-bond acceptors (Lipinski definition) is 6. The summed E-state index contributed by atoms with van der Waals surface area (Å²) in [6.45, 7) is 1.90. The van der Waals surface area contributed by atoms with Gasteiger partial charge in [0.1, 0.15) is 11.5 Å². The van der Waals surface area contributed by atoms with Crippen LogP contribution in [0, 0.1) is 0 Å². The number of benzene rings is 1. The number of nitrogens with one attached hydrogen (secondary N) is 2. The number of aromatic nitrogens is 3. The number of piperidine rings is 1. The number of rotatable bonds is 5. The summed E-state index contributed by atoms with van der Waals surface area (Å²) in [5.41, 5.74) is 0.802. The molecule has 8 nitrogen and oxygen atoms in total. The summed E-state index contributed by atoms with van der Waals surface area (Å²) >= 11 is 0. The molecule has 1 fully saturated rings. The van der Waals surface area contributed by atoms with E-state index in [-0.39, 0.29) is 17.6 Å². The number of nitrogens with zero attached hydrogens (tertiary/aromatic N) is 3. The number of amides is 1. The lowest BCUT2D eigenvalue weighted by Crippen LogP contribution is -2.29. The van der Waals surface area contributed by atoms with E-state index >= 15 is 0 Å². The van der Waals surface area contributed by atoms with Gasteiger partial charge in [0.05, 0.1) is 32.1 Å². The van der Waals surface area contributed by atoms with Crippen molar-refractivity contribution < 1.29 is 14.3 Å². The smallest absolute Gasteiger partial charge is 0.277 e. The maximum Gasteiger partial charge on any atom is 0.277 e. The lowest BCUT2D eigenvalue weighted by atomic mass is 10.1. The van der Waals surface area contributed by atoms with E-state index in [0.29, 0.717) is 17.2 Å². The van der Waals surface area contributed by atoms with Crippen molar-refractivity contribution >= 4 is 11.6 Å². The molecule has 128 valence electrons. The molecule has 1 aromatic heterocycles. The van der Waals surface area contributed by atoms with Crippen LogP contribution in [0.2, 0.25) is 0 Å². The predicted molar refractivity (Wildman–Crippen MR) is 88.7 cm³/mol. The third-order valence-corrected chi connectivity index (χ3v) is 4.08. The third-order valence-electron chi connectivity index (χ3n) is 4.08. The standard InChI is InChI=1S/C16H21N5O3/c1-23-12-3-4-15(24-2)13(9-12)18-16(22)14-10-21(20-19-14)11-5-7-17-8-6-11/h3-4,9-11,17H,5-8H2,1-2H3,(H,18,22). The highest BCUT2D eigenvalue weighted by Crippen LogP contribution is 2.29. The van der Waals surface area contributed by atoms with Crippen molar-refractivity contribution in [3.63, 3.8) is 0 Å². The first-order valence-electron chi connectivity index (χ1n) is 7.87. The van der Waals surface area contributed by atoms with Crippen LogP contribution in [0.3, 0.4) is 0 Å². The molecule has 0 radical (unpaired) electrons. The van der Waals surface area contributed by atoms with Gasteiger partial charge in [0, 0.05) is 6.07 Å². The summed E-state index contributed by atoms with van der Waals surface area (Å²) in [4.78, 5) is 12.4. The topological polar surface area (TPSA) is 90.3 Å². The first kappa shape index (κ1) is 16.3. The second kappa shape index (κ2) is 7.31. The van der Waals surface area contributed by atoms with Gasteiger partial charge in [0.2, 0.25) is 0 Å². The zero-order valence-corrected chi connectivity index (χ0v) is 13.8. The molecule has 2 N–H and O–H groups in total. The van der Waals surface area contributed by atoms with Crippen LogP contribution in [-0.2, 0) is 0 Å². The maximum absolute atomic E-state index is 12.4. The normalized spacial score (nSPS) is 15.1. The Morgan fingerprint density at radius 2 is 2.08 bits per heavy atom. The Labute approximate surface area is 140 Å². The predicted octanol–water partition coefficient (Wildman–Crippen LogP) is 1.47. The van der Waals surface area contributed by atoms with Crippen LogP contribution in [0.1, 0.15) is 29.4 Å². The highest BCUT2D eigenvalue weighted by atomic mass is 16.5. The van der Waals surface area contributed by atoms with Crippen LogP contribution in [0.25, 0.3) is 0 Å². The van der Waals surface area contributed by atoms with Gasteiger partial charge in [-0.15, -0.1) is 5.10 Å². The Bertz CT molecular complexity index is 709. The molecule has 0 aliphatic carbocycles. The van der Waals surface area contributed by atoms with Gasteiger partial charge in [-0.3, -0.25) is 4.79 Å². The summed E-state index contributed by atoms with van der Waals surface area (Å²) in [5.74, 6) is 0.848. The van der Waals surface area contributed by atoms with Gasteiger partial charge in [-0.25, -0.2) is 4.68 Å². The fourth-order valence-electron chi connectivity index (χ4n) is 2.73. The van der Waals surface area contributed by atoms with E-state index in [9.17, 15) is 4.79 Å². The number of ether oxygens (including phenoxy) is 2. The van der Waals surface area contributed by atoms with Gasteiger partial charge in [-0.05, 0) is 38.1 Å². The zero-order chi connectivity index (χ0) is 16.9. The molecule has 0 atom stereocenters. The molecule has 0 bridgehead atoms. The number of anilines is 1. The monoisotopic (exact) mass is 331 g/mol. The largest absolute Gasteiger partial charge is 0.497 e. The van der Waals surface area contributed by atoms with Gasteiger partial charge in [-0.1, -0.05) is 5.21 Å². The van der Waals surface area contributed by atoms with Crippen molar-refractivity contribution in [2.75, 3.05) is 32.6 Å². The molecular weight excluding hydrogens is 310 g/mol. The summed E-state index contributed by atoms with van der Waals surface area (Å²) in [6, 6.07) is 5.49. The van der Waals surface area contributed by atoms with Crippen LogP contribution in [0.5, 0.6) is 11.5 Å². The molecule has 3 rings (SSSR count). The molecule has 1 saturated heterocycles. The summed E-state index contributed by atoms with van der Waals surface area (Å²) in [7, 11) is 3.11. The van der Waals surface area contributed by atoms with Crippen LogP contribution < -0.4 is 20.1 Å². The third kappa shape index (κ3) is 3.48. The lowest BCUT2D eigenvalue weighted by molar-refractivity contribution is 0.102. The number of carbonyl (C=O) groups excluding carboxylic acids is 1. The van der Waals surface area contributed by atoms with E-state index in [0.717, 1.165) is 25.9 Å². The lowest BCUT2D eigenvalue weighted by Gasteiger charge is -2.22. The van der Waals surface area contributed by atoms with Crippen molar-refractivity contribution in [2.45, 2.75) is 18.9 Å². The highest BCUT2D eigenvalue weighted by molar-refractivity contribution is 6.03. The fraction of sp³-hybridized carbons (Fsp3) is 0.438. The van der Waals surface area contributed by atoms with E-state index in [1.807, 2.05) is 0 Å². The quantitative estimate of drug-likeness (QED) is 0.862. The van der Waals surface area contributed by atoms with Crippen LogP contribution in [0.4, 0.5) is 5.69 Å².